The first-order valence-electron chi connectivity index (χ1n) is 19.2. The quantitative estimate of drug-likeness (QED) is 0.170. The Hall–Kier alpha value is -7.21. The number of benzene rings is 8. The van der Waals surface area contributed by atoms with E-state index in [0.29, 0.717) is 17.5 Å². The molecule has 0 bridgehead atoms. The van der Waals surface area contributed by atoms with Gasteiger partial charge in [-0.15, -0.1) is 11.3 Å². The number of nitrogens with zero attached hydrogens (tertiary/aromatic N) is 4. The molecule has 11 rings (SSSR count). The van der Waals surface area contributed by atoms with E-state index < -0.39 is 0 Å². The molecule has 11 aromatic rings. The van der Waals surface area contributed by atoms with Gasteiger partial charge in [0.2, 0.25) is 0 Å². The molecular weight excluding hydrogens is 713 g/mol. The van der Waals surface area contributed by atoms with Gasteiger partial charge in [0.05, 0.1) is 16.7 Å². The molecule has 0 amide bonds. The Labute approximate surface area is 334 Å². The maximum atomic E-state index is 5.31. The number of hydrogen-bond donors (Lipinski definition) is 0. The summed E-state index contributed by atoms with van der Waals surface area (Å²) in [5.41, 5.74) is 11.9. The van der Waals surface area contributed by atoms with E-state index in [1.165, 1.54) is 53.2 Å². The third-order valence-electron chi connectivity index (χ3n) is 10.9. The highest BCUT2D eigenvalue weighted by Gasteiger charge is 2.22. The zero-order valence-electron chi connectivity index (χ0n) is 31.1. The van der Waals surface area contributed by atoms with Crippen molar-refractivity contribution in [3.8, 4) is 62.1 Å². The molecule has 4 nitrogen and oxygen atoms in total. The van der Waals surface area contributed by atoms with E-state index in [-0.39, 0.29) is 0 Å². The van der Waals surface area contributed by atoms with Gasteiger partial charge in [-0.2, -0.15) is 0 Å². The molecule has 0 saturated heterocycles. The van der Waals surface area contributed by atoms with Crippen molar-refractivity contribution in [3.05, 3.63) is 194 Å². The monoisotopic (exact) mass is 746 g/mol. The Kier molecular flexibility index (Phi) is 7.86. The molecule has 0 aliphatic heterocycles. The number of hydrogen-bond acceptors (Lipinski definition) is 4. The van der Waals surface area contributed by atoms with Crippen LogP contribution in [0.15, 0.2) is 188 Å². The first-order chi connectivity index (χ1) is 28.2. The van der Waals surface area contributed by atoms with E-state index in [2.05, 4.69) is 163 Å². The third kappa shape index (κ3) is 5.71. The Morgan fingerprint density at radius 1 is 0.386 bits per heavy atom. The van der Waals surface area contributed by atoms with Gasteiger partial charge in [0.25, 0.3) is 0 Å². The van der Waals surface area contributed by atoms with Gasteiger partial charge in [0, 0.05) is 47.6 Å². The number of rotatable bonds is 6. The summed E-state index contributed by atoms with van der Waals surface area (Å²) >= 11 is 1.84. The SMILES string of the molecule is Cc1cccc(-c2ccc3c4ccccc4n(-c4ccc(-c5cccc6sc7ccccc7c56)cc4-c4nc(-c5ccccc5)nc(-c5ccccc5)n4)c3c2)c1. The number of aryl methyl sites for hydroxylation is 1. The van der Waals surface area contributed by atoms with Crippen LogP contribution >= 0.6 is 11.3 Å². The van der Waals surface area contributed by atoms with Gasteiger partial charge in [-0.05, 0) is 65.6 Å². The minimum Gasteiger partial charge on any atom is -0.308 e. The molecule has 0 radical (unpaired) electrons. The summed E-state index contributed by atoms with van der Waals surface area (Å²) in [6.07, 6.45) is 0. The van der Waals surface area contributed by atoms with Crippen LogP contribution in [-0.4, -0.2) is 19.5 Å². The van der Waals surface area contributed by atoms with Crippen LogP contribution < -0.4 is 0 Å². The van der Waals surface area contributed by atoms with Crippen LogP contribution in [0.1, 0.15) is 5.56 Å². The van der Waals surface area contributed by atoms with Gasteiger partial charge < -0.3 is 4.57 Å². The summed E-state index contributed by atoms with van der Waals surface area (Å²) in [6, 6.07) is 66.8. The number of aromatic nitrogens is 4. The van der Waals surface area contributed by atoms with Gasteiger partial charge >= 0.3 is 0 Å². The lowest BCUT2D eigenvalue weighted by atomic mass is 9.96. The number of thiophene rings is 1. The average molecular weight is 747 g/mol. The average Bonchev–Trinajstić information content (AvgIpc) is 3.82. The molecule has 0 fully saturated rings. The predicted octanol–water partition coefficient (Wildman–Crippen LogP) is 14.0. The van der Waals surface area contributed by atoms with Crippen LogP contribution in [0.25, 0.3) is 104 Å². The summed E-state index contributed by atoms with van der Waals surface area (Å²) in [5.74, 6) is 1.87. The Balaban J connectivity index is 1.23. The summed E-state index contributed by atoms with van der Waals surface area (Å²) in [6.45, 7) is 2.15. The maximum Gasteiger partial charge on any atom is 0.166 e. The molecule has 5 heteroatoms. The van der Waals surface area contributed by atoms with Gasteiger partial charge in [0.15, 0.2) is 17.5 Å². The fourth-order valence-electron chi connectivity index (χ4n) is 8.26. The van der Waals surface area contributed by atoms with Crippen molar-refractivity contribution in [3.63, 3.8) is 0 Å². The molecule has 3 heterocycles. The van der Waals surface area contributed by atoms with E-state index >= 15 is 0 Å². The normalized spacial score (nSPS) is 11.6. The first kappa shape index (κ1) is 33.2. The first-order valence-corrected chi connectivity index (χ1v) is 20.0. The van der Waals surface area contributed by atoms with Gasteiger partial charge in [-0.3, -0.25) is 0 Å². The van der Waals surface area contributed by atoms with Crippen LogP contribution in [0.3, 0.4) is 0 Å². The molecule has 3 aromatic heterocycles. The standard InChI is InChI=1S/C52H34N4S/c1-33-14-12-19-36(30-33)37-26-28-41-40-20-8-10-23-44(40)56(46(41)32-37)45-29-27-38(39-22-13-25-48-49(39)42-21-9-11-24-47(42)57-48)31-43(45)52-54-50(34-15-4-2-5-16-34)53-51(55-52)35-17-6-3-7-18-35/h2-32H,1H3. The van der Waals surface area contributed by atoms with E-state index in [1.54, 1.807) is 0 Å². The van der Waals surface area contributed by atoms with E-state index in [9.17, 15) is 0 Å². The lowest BCUT2D eigenvalue weighted by Gasteiger charge is -2.17. The molecule has 0 spiro atoms. The van der Waals surface area contributed by atoms with Crippen molar-refractivity contribution < 1.29 is 0 Å². The highest BCUT2D eigenvalue weighted by atomic mass is 32.1. The van der Waals surface area contributed by atoms with Crippen LogP contribution in [0, 0.1) is 6.92 Å². The summed E-state index contributed by atoms with van der Waals surface area (Å²) in [7, 11) is 0. The smallest absolute Gasteiger partial charge is 0.166 e. The zero-order chi connectivity index (χ0) is 37.9. The molecule has 268 valence electrons. The van der Waals surface area contributed by atoms with Crippen LogP contribution in [0.5, 0.6) is 0 Å². The van der Waals surface area contributed by atoms with E-state index in [0.717, 1.165) is 39.0 Å². The molecule has 57 heavy (non-hydrogen) atoms. The largest absolute Gasteiger partial charge is 0.308 e. The lowest BCUT2D eigenvalue weighted by molar-refractivity contribution is 1.06. The van der Waals surface area contributed by atoms with Crippen molar-refractivity contribution in [1.82, 2.24) is 19.5 Å². The van der Waals surface area contributed by atoms with Crippen LogP contribution in [0.2, 0.25) is 0 Å². The van der Waals surface area contributed by atoms with E-state index in [1.807, 2.05) is 47.7 Å². The number of fused-ring (bicyclic) bond motifs is 6. The second-order valence-corrected chi connectivity index (χ2v) is 15.6. The molecule has 0 atom stereocenters. The topological polar surface area (TPSA) is 43.6 Å². The fraction of sp³-hybridized carbons (Fsp3) is 0.0192. The Morgan fingerprint density at radius 3 is 1.75 bits per heavy atom. The molecular formula is C52H34N4S. The summed E-state index contributed by atoms with van der Waals surface area (Å²) in [5, 5.41) is 4.92. The molecule has 0 unspecified atom stereocenters. The van der Waals surface area contributed by atoms with Crippen molar-refractivity contribution in [2.24, 2.45) is 0 Å². The van der Waals surface area contributed by atoms with Gasteiger partial charge in [-0.1, -0.05) is 157 Å². The van der Waals surface area contributed by atoms with Gasteiger partial charge in [-0.25, -0.2) is 15.0 Å². The molecule has 0 saturated carbocycles. The highest BCUT2D eigenvalue weighted by Crippen LogP contribution is 2.43. The van der Waals surface area contributed by atoms with Crippen LogP contribution in [0.4, 0.5) is 0 Å². The molecule has 8 aromatic carbocycles. The van der Waals surface area contributed by atoms with Crippen molar-refractivity contribution in [2.45, 2.75) is 6.92 Å². The Morgan fingerprint density at radius 2 is 0.982 bits per heavy atom. The minimum absolute atomic E-state index is 0.614. The highest BCUT2D eigenvalue weighted by molar-refractivity contribution is 7.25. The molecule has 0 aliphatic rings. The van der Waals surface area contributed by atoms with Crippen LogP contribution in [-0.2, 0) is 0 Å². The molecule has 0 aliphatic carbocycles. The summed E-state index contributed by atoms with van der Waals surface area (Å²) in [4.78, 5) is 15.7. The van der Waals surface area contributed by atoms with Crippen molar-refractivity contribution >= 4 is 53.3 Å². The zero-order valence-corrected chi connectivity index (χ0v) is 31.9. The number of para-hydroxylation sites is 1. The van der Waals surface area contributed by atoms with Crippen molar-refractivity contribution in [1.29, 1.82) is 0 Å². The minimum atomic E-state index is 0.614. The Bertz CT molecular complexity index is 3250. The third-order valence-corrected chi connectivity index (χ3v) is 12.1. The second kappa shape index (κ2) is 13.5. The fourth-order valence-corrected chi connectivity index (χ4v) is 9.39. The predicted molar refractivity (Wildman–Crippen MR) is 239 cm³/mol. The summed E-state index contributed by atoms with van der Waals surface area (Å²) < 4.78 is 4.95. The van der Waals surface area contributed by atoms with Gasteiger partial charge in [0.1, 0.15) is 0 Å². The second-order valence-electron chi connectivity index (χ2n) is 14.5. The lowest BCUT2D eigenvalue weighted by Crippen LogP contribution is -2.04. The maximum absolute atomic E-state index is 5.31. The van der Waals surface area contributed by atoms with Crippen molar-refractivity contribution in [2.75, 3.05) is 0 Å². The molecule has 0 N–H and O–H groups in total. The van der Waals surface area contributed by atoms with E-state index in [4.69, 9.17) is 15.0 Å².